The summed E-state index contributed by atoms with van der Waals surface area (Å²) in [6.45, 7) is 0.640. The van der Waals surface area contributed by atoms with Crippen LogP contribution in [-0.2, 0) is 10.0 Å². The van der Waals surface area contributed by atoms with Crippen LogP contribution in [0.4, 0.5) is 17.1 Å². The molecule has 0 aromatic heterocycles. The minimum atomic E-state index is -4.07. The van der Waals surface area contributed by atoms with Crippen LogP contribution in [-0.4, -0.2) is 31.7 Å². The minimum absolute atomic E-state index is 0.00977. The molecule has 3 N–H and O–H groups in total. The third kappa shape index (κ3) is 6.74. The highest BCUT2D eigenvalue weighted by Crippen LogP contribution is 2.29. The first-order valence-electron chi connectivity index (χ1n) is 12.3. The minimum Gasteiger partial charge on any atom is -0.379 e. The van der Waals surface area contributed by atoms with Gasteiger partial charge in [0.05, 0.1) is 9.82 Å². The molecule has 1 saturated carbocycles. The molecule has 1 aliphatic carbocycles. The smallest absolute Gasteiger partial charge is 0.293 e. The summed E-state index contributed by atoms with van der Waals surface area (Å²) in [5, 5.41) is 17.5. The SMILES string of the molecule is O=C(Nc1cccc(C(=O)NS(=O)(=O)c2ccccc2)c1)c1ccc(NCC2CCCCC2)c([N+](=O)[O-])c1. The topological polar surface area (TPSA) is 148 Å². The van der Waals surface area contributed by atoms with E-state index in [1.807, 2.05) is 4.72 Å². The van der Waals surface area contributed by atoms with Gasteiger partial charge in [0.2, 0.25) is 0 Å². The molecule has 10 nitrogen and oxygen atoms in total. The molecule has 11 heteroatoms. The molecular weight excluding hydrogens is 508 g/mol. The quantitative estimate of drug-likeness (QED) is 0.259. The summed E-state index contributed by atoms with van der Waals surface area (Å²) >= 11 is 0. The number of hydrogen-bond acceptors (Lipinski definition) is 7. The molecule has 0 spiro atoms. The van der Waals surface area contributed by atoms with Gasteiger partial charge < -0.3 is 10.6 Å². The number of benzene rings is 3. The highest BCUT2D eigenvalue weighted by Gasteiger charge is 2.21. The highest BCUT2D eigenvalue weighted by atomic mass is 32.2. The molecule has 0 aliphatic heterocycles. The highest BCUT2D eigenvalue weighted by molar-refractivity contribution is 7.90. The zero-order valence-corrected chi connectivity index (χ0v) is 21.4. The maximum absolute atomic E-state index is 12.8. The summed E-state index contributed by atoms with van der Waals surface area (Å²) in [5.41, 5.74) is 0.460. The number of nitro groups is 1. The van der Waals surface area contributed by atoms with Gasteiger partial charge in [-0.15, -0.1) is 0 Å². The van der Waals surface area contributed by atoms with Crippen LogP contribution in [0.5, 0.6) is 0 Å². The van der Waals surface area contributed by atoms with E-state index in [0.29, 0.717) is 18.2 Å². The fourth-order valence-corrected chi connectivity index (χ4v) is 5.40. The number of sulfonamides is 1. The summed E-state index contributed by atoms with van der Waals surface area (Å²) in [4.78, 5) is 36.5. The van der Waals surface area contributed by atoms with E-state index in [0.717, 1.165) is 12.8 Å². The van der Waals surface area contributed by atoms with Gasteiger partial charge in [-0.2, -0.15) is 0 Å². The molecule has 0 unspecified atom stereocenters. The van der Waals surface area contributed by atoms with Gasteiger partial charge in [-0.1, -0.05) is 43.5 Å². The number of anilines is 2. The Balaban J connectivity index is 1.44. The zero-order valence-electron chi connectivity index (χ0n) is 20.6. The van der Waals surface area contributed by atoms with Crippen molar-refractivity contribution in [2.75, 3.05) is 17.2 Å². The van der Waals surface area contributed by atoms with Gasteiger partial charge in [0.15, 0.2) is 0 Å². The van der Waals surface area contributed by atoms with Gasteiger partial charge in [0.1, 0.15) is 5.69 Å². The Morgan fingerprint density at radius 1 is 0.868 bits per heavy atom. The van der Waals surface area contributed by atoms with Gasteiger partial charge >= 0.3 is 0 Å². The normalized spacial score (nSPS) is 13.9. The molecule has 0 atom stereocenters. The maximum Gasteiger partial charge on any atom is 0.293 e. The van der Waals surface area contributed by atoms with E-state index >= 15 is 0 Å². The molecule has 198 valence electrons. The molecule has 1 aliphatic rings. The van der Waals surface area contributed by atoms with Crippen LogP contribution in [0.1, 0.15) is 52.8 Å². The molecule has 2 amide bonds. The Morgan fingerprint density at radius 3 is 2.29 bits per heavy atom. The van der Waals surface area contributed by atoms with E-state index < -0.39 is 26.8 Å². The number of nitrogens with one attached hydrogen (secondary N) is 3. The molecule has 1 fully saturated rings. The maximum atomic E-state index is 12.8. The molecule has 0 radical (unpaired) electrons. The van der Waals surface area contributed by atoms with Crippen LogP contribution in [0, 0.1) is 16.0 Å². The van der Waals surface area contributed by atoms with Gasteiger partial charge in [-0.05, 0) is 61.2 Å². The Hall–Kier alpha value is -4.25. The summed E-state index contributed by atoms with van der Waals surface area (Å²) in [5.74, 6) is -1.01. The summed E-state index contributed by atoms with van der Waals surface area (Å²) in [6, 6.07) is 17.4. The van der Waals surface area contributed by atoms with E-state index in [1.165, 1.54) is 73.9 Å². The molecule has 3 aromatic carbocycles. The molecule has 0 bridgehead atoms. The second-order valence-electron chi connectivity index (χ2n) is 9.16. The van der Waals surface area contributed by atoms with Crippen molar-refractivity contribution >= 4 is 38.9 Å². The van der Waals surface area contributed by atoms with E-state index in [2.05, 4.69) is 10.6 Å². The third-order valence-electron chi connectivity index (χ3n) is 6.43. The summed E-state index contributed by atoms with van der Waals surface area (Å²) < 4.78 is 26.9. The molecule has 3 aromatic rings. The van der Waals surface area contributed by atoms with Crippen molar-refractivity contribution in [1.82, 2.24) is 4.72 Å². The van der Waals surface area contributed by atoms with Gasteiger partial charge in [-0.25, -0.2) is 13.1 Å². The van der Waals surface area contributed by atoms with Gasteiger partial charge in [0.25, 0.3) is 27.5 Å². The van der Waals surface area contributed by atoms with Crippen molar-refractivity contribution in [3.63, 3.8) is 0 Å². The average Bonchev–Trinajstić information content (AvgIpc) is 2.92. The van der Waals surface area contributed by atoms with Gasteiger partial charge in [-0.3, -0.25) is 19.7 Å². The van der Waals surface area contributed by atoms with Crippen LogP contribution in [0.15, 0.2) is 77.7 Å². The third-order valence-corrected chi connectivity index (χ3v) is 7.77. The van der Waals surface area contributed by atoms with Crippen LogP contribution < -0.4 is 15.4 Å². The first kappa shape index (κ1) is 26.8. The summed E-state index contributed by atoms with van der Waals surface area (Å²) in [7, 11) is -4.07. The van der Waals surface area contributed by atoms with Crippen molar-refractivity contribution in [3.8, 4) is 0 Å². The monoisotopic (exact) mass is 536 g/mol. The lowest BCUT2D eigenvalue weighted by Crippen LogP contribution is -2.30. The van der Waals surface area contributed by atoms with Crippen LogP contribution in [0.2, 0.25) is 0 Å². The largest absolute Gasteiger partial charge is 0.379 e. The molecule has 4 rings (SSSR count). The fraction of sp³-hybridized carbons (Fsp3) is 0.259. The second-order valence-corrected chi connectivity index (χ2v) is 10.8. The molecule has 0 saturated heterocycles. The number of carbonyl (C=O) groups excluding carboxylic acids is 2. The van der Waals surface area contributed by atoms with Crippen LogP contribution in [0.3, 0.4) is 0 Å². The number of nitrogens with zero attached hydrogens (tertiary/aromatic N) is 1. The summed E-state index contributed by atoms with van der Waals surface area (Å²) in [6.07, 6.45) is 5.74. The lowest BCUT2D eigenvalue weighted by molar-refractivity contribution is -0.384. The lowest BCUT2D eigenvalue weighted by atomic mass is 9.89. The van der Waals surface area contributed by atoms with Crippen LogP contribution in [0.25, 0.3) is 0 Å². The Bertz CT molecular complexity index is 1440. The molecule has 38 heavy (non-hydrogen) atoms. The van der Waals surface area contributed by atoms with E-state index in [9.17, 15) is 28.1 Å². The van der Waals surface area contributed by atoms with Crippen LogP contribution >= 0.6 is 0 Å². The van der Waals surface area contributed by atoms with E-state index in [-0.39, 0.29) is 27.4 Å². The number of carbonyl (C=O) groups is 2. The fourth-order valence-electron chi connectivity index (χ4n) is 4.40. The lowest BCUT2D eigenvalue weighted by Gasteiger charge is -2.22. The van der Waals surface area contributed by atoms with Crippen molar-refractivity contribution < 1.29 is 22.9 Å². The standard InChI is InChI=1S/C27H28N4O6S/c32-26(21-14-15-24(25(17-21)31(34)35)28-18-19-8-3-1-4-9-19)29-22-11-7-10-20(16-22)27(33)30-38(36,37)23-12-5-2-6-13-23/h2,5-7,10-17,19,28H,1,3-4,8-9,18H2,(H,29,32)(H,30,33). The van der Waals surface area contributed by atoms with Crippen molar-refractivity contribution in [2.45, 2.75) is 37.0 Å². The number of hydrogen-bond donors (Lipinski definition) is 3. The average molecular weight is 537 g/mol. The first-order valence-corrected chi connectivity index (χ1v) is 13.8. The number of rotatable bonds is 9. The number of nitro benzene ring substituents is 1. The Morgan fingerprint density at radius 2 is 1.58 bits per heavy atom. The Labute approximate surface area is 220 Å². The van der Waals surface area contributed by atoms with E-state index in [1.54, 1.807) is 18.2 Å². The van der Waals surface area contributed by atoms with E-state index in [4.69, 9.17) is 0 Å². The second kappa shape index (κ2) is 11.9. The molecular formula is C27H28N4O6S. The van der Waals surface area contributed by atoms with Crippen molar-refractivity contribution in [1.29, 1.82) is 0 Å². The first-order chi connectivity index (χ1) is 18.2. The molecule has 0 heterocycles. The Kier molecular flexibility index (Phi) is 8.37. The predicted molar refractivity (Wildman–Crippen MR) is 144 cm³/mol. The zero-order chi connectivity index (χ0) is 27.1. The van der Waals surface area contributed by atoms with Crippen molar-refractivity contribution in [2.24, 2.45) is 5.92 Å². The number of amides is 2. The van der Waals surface area contributed by atoms with Gasteiger partial charge in [0, 0.05) is 29.4 Å². The van der Waals surface area contributed by atoms with Crippen molar-refractivity contribution in [3.05, 3.63) is 94.0 Å². The predicted octanol–water partition coefficient (Wildman–Crippen LogP) is 4.96.